The topological polar surface area (TPSA) is 55.4 Å². The quantitative estimate of drug-likeness (QED) is 0.554. The van der Waals surface area contributed by atoms with Gasteiger partial charge in [0.15, 0.2) is 0 Å². The van der Waals surface area contributed by atoms with Gasteiger partial charge in [-0.2, -0.15) is 0 Å². The van der Waals surface area contributed by atoms with Gasteiger partial charge in [-0.25, -0.2) is 4.79 Å². The molecule has 0 aromatic carbocycles. The summed E-state index contributed by atoms with van der Waals surface area (Å²) in [5, 5.41) is 2.59. The Morgan fingerprint density at radius 1 is 1.33 bits per heavy atom. The van der Waals surface area contributed by atoms with Gasteiger partial charge in [0.2, 0.25) is 0 Å². The van der Waals surface area contributed by atoms with Crippen LogP contribution in [0, 0.1) is 5.92 Å². The van der Waals surface area contributed by atoms with E-state index in [9.17, 15) is 9.59 Å². The van der Waals surface area contributed by atoms with Gasteiger partial charge in [-0.3, -0.25) is 4.79 Å². The molecular weight excluding hydrogens is 194 g/mol. The summed E-state index contributed by atoms with van der Waals surface area (Å²) < 4.78 is 4.93. The molecule has 0 radical (unpaired) electrons. The van der Waals surface area contributed by atoms with Gasteiger partial charge in [-0.05, 0) is 39.5 Å². The molecule has 0 saturated heterocycles. The van der Waals surface area contributed by atoms with E-state index in [2.05, 4.69) is 5.32 Å². The summed E-state index contributed by atoms with van der Waals surface area (Å²) in [6.45, 7) is 5.82. The molecule has 0 aromatic heterocycles. The van der Waals surface area contributed by atoms with Crippen molar-refractivity contribution in [2.24, 2.45) is 5.92 Å². The lowest BCUT2D eigenvalue weighted by Crippen LogP contribution is -2.40. The molecule has 1 amide bonds. The maximum absolute atomic E-state index is 11.3. The minimum absolute atomic E-state index is 0.552. The van der Waals surface area contributed by atoms with Crippen molar-refractivity contribution in [3.05, 3.63) is 0 Å². The normalized spacial score (nSPS) is 16.7. The number of hydrogen-bond donors (Lipinski definition) is 1. The van der Waals surface area contributed by atoms with E-state index in [4.69, 9.17) is 4.74 Å². The Kier molecular flexibility index (Phi) is 3.72. The zero-order valence-electron chi connectivity index (χ0n) is 9.63. The molecule has 86 valence electrons. The number of nitrogens with one attached hydrogen (secondary N) is 1. The Balaban J connectivity index is 2.23. The van der Waals surface area contributed by atoms with Crippen LogP contribution in [0.5, 0.6) is 0 Å². The van der Waals surface area contributed by atoms with Gasteiger partial charge in [-0.1, -0.05) is 6.42 Å². The van der Waals surface area contributed by atoms with Gasteiger partial charge in [0, 0.05) is 6.54 Å². The summed E-state index contributed by atoms with van der Waals surface area (Å²) in [7, 11) is 0. The first-order chi connectivity index (χ1) is 6.88. The molecular formula is C11H19NO3. The molecule has 0 aliphatic heterocycles. The first kappa shape index (κ1) is 12.0. The van der Waals surface area contributed by atoms with Crippen molar-refractivity contribution < 1.29 is 14.3 Å². The highest BCUT2D eigenvalue weighted by atomic mass is 16.6. The summed E-state index contributed by atoms with van der Waals surface area (Å²) in [5.74, 6) is -0.866. The molecule has 0 aromatic rings. The van der Waals surface area contributed by atoms with Crippen LogP contribution in [0.25, 0.3) is 0 Å². The highest BCUT2D eigenvalue weighted by Gasteiger charge is 2.24. The van der Waals surface area contributed by atoms with E-state index in [1.54, 1.807) is 20.8 Å². The average Bonchev–Trinajstić information content (AvgIpc) is 1.97. The lowest BCUT2D eigenvalue weighted by atomic mass is 9.85. The van der Waals surface area contributed by atoms with Crippen LogP contribution >= 0.6 is 0 Å². The van der Waals surface area contributed by atoms with Crippen molar-refractivity contribution in [1.82, 2.24) is 5.32 Å². The highest BCUT2D eigenvalue weighted by Crippen LogP contribution is 2.25. The maximum atomic E-state index is 11.3. The number of rotatable bonds is 2. The standard InChI is InChI=1S/C11H19NO3/c1-11(2,3)15-10(14)9(13)12-7-8-5-4-6-8/h8H,4-7H2,1-3H3,(H,12,13). The third-order valence-electron chi connectivity index (χ3n) is 2.36. The van der Waals surface area contributed by atoms with E-state index in [1.165, 1.54) is 6.42 Å². The number of hydrogen-bond acceptors (Lipinski definition) is 3. The highest BCUT2D eigenvalue weighted by molar-refractivity contribution is 6.32. The van der Waals surface area contributed by atoms with Gasteiger partial charge in [0.1, 0.15) is 5.60 Å². The van der Waals surface area contributed by atoms with E-state index >= 15 is 0 Å². The van der Waals surface area contributed by atoms with Crippen molar-refractivity contribution in [3.63, 3.8) is 0 Å². The molecule has 0 heterocycles. The molecule has 1 fully saturated rings. The first-order valence-corrected chi connectivity index (χ1v) is 5.39. The van der Waals surface area contributed by atoms with Crippen LogP contribution in [0.4, 0.5) is 0 Å². The van der Waals surface area contributed by atoms with E-state index < -0.39 is 17.5 Å². The first-order valence-electron chi connectivity index (χ1n) is 5.39. The fourth-order valence-corrected chi connectivity index (χ4v) is 1.33. The number of esters is 1. The van der Waals surface area contributed by atoms with Gasteiger partial charge in [-0.15, -0.1) is 0 Å². The molecule has 4 heteroatoms. The van der Waals surface area contributed by atoms with Crippen LogP contribution < -0.4 is 5.32 Å². The van der Waals surface area contributed by atoms with Crippen LogP contribution in [0.1, 0.15) is 40.0 Å². The van der Waals surface area contributed by atoms with Gasteiger partial charge >= 0.3 is 11.9 Å². The third-order valence-corrected chi connectivity index (χ3v) is 2.36. The number of carbonyl (C=O) groups is 2. The summed E-state index contributed by atoms with van der Waals surface area (Å²) >= 11 is 0. The van der Waals surface area contributed by atoms with Gasteiger partial charge < -0.3 is 10.1 Å². The zero-order chi connectivity index (χ0) is 11.5. The Morgan fingerprint density at radius 2 is 1.93 bits per heavy atom. The fraction of sp³-hybridized carbons (Fsp3) is 0.818. The molecule has 4 nitrogen and oxygen atoms in total. The monoisotopic (exact) mass is 213 g/mol. The number of ether oxygens (including phenoxy) is 1. The van der Waals surface area contributed by atoms with Crippen LogP contribution in [-0.4, -0.2) is 24.0 Å². The summed E-state index contributed by atoms with van der Waals surface area (Å²) in [5.41, 5.74) is -0.606. The Labute approximate surface area is 90.4 Å². The van der Waals surface area contributed by atoms with Crippen LogP contribution in [-0.2, 0) is 14.3 Å². The van der Waals surface area contributed by atoms with E-state index in [-0.39, 0.29) is 0 Å². The second-order valence-corrected chi connectivity index (χ2v) is 5.01. The molecule has 15 heavy (non-hydrogen) atoms. The smallest absolute Gasteiger partial charge is 0.397 e. The Hall–Kier alpha value is -1.06. The maximum Gasteiger partial charge on any atom is 0.397 e. The number of carbonyl (C=O) groups excluding carboxylic acids is 2. The Bertz CT molecular complexity index is 251. The minimum Gasteiger partial charge on any atom is -0.453 e. The average molecular weight is 213 g/mol. The largest absolute Gasteiger partial charge is 0.453 e. The molecule has 1 saturated carbocycles. The predicted molar refractivity (Wildman–Crippen MR) is 56.2 cm³/mol. The zero-order valence-corrected chi connectivity index (χ0v) is 9.63. The lowest BCUT2D eigenvalue weighted by Gasteiger charge is -2.25. The van der Waals surface area contributed by atoms with Crippen LogP contribution in [0.2, 0.25) is 0 Å². The molecule has 1 aliphatic rings. The van der Waals surface area contributed by atoms with Crippen LogP contribution in [0.15, 0.2) is 0 Å². The van der Waals surface area contributed by atoms with Crippen molar-refractivity contribution in [1.29, 1.82) is 0 Å². The van der Waals surface area contributed by atoms with Crippen molar-refractivity contribution in [2.75, 3.05) is 6.54 Å². The molecule has 0 spiro atoms. The van der Waals surface area contributed by atoms with Crippen molar-refractivity contribution >= 4 is 11.9 Å². The summed E-state index contributed by atoms with van der Waals surface area (Å²) in [4.78, 5) is 22.5. The summed E-state index contributed by atoms with van der Waals surface area (Å²) in [6, 6.07) is 0. The van der Waals surface area contributed by atoms with E-state index in [0.29, 0.717) is 12.5 Å². The van der Waals surface area contributed by atoms with Gasteiger partial charge in [0.05, 0.1) is 0 Å². The second kappa shape index (κ2) is 4.64. The van der Waals surface area contributed by atoms with Crippen LogP contribution in [0.3, 0.4) is 0 Å². The number of amides is 1. The predicted octanol–water partition coefficient (Wildman–Crippen LogP) is 1.24. The second-order valence-electron chi connectivity index (χ2n) is 5.01. The molecule has 0 unspecified atom stereocenters. The molecule has 1 aliphatic carbocycles. The fourth-order valence-electron chi connectivity index (χ4n) is 1.33. The van der Waals surface area contributed by atoms with Gasteiger partial charge in [0.25, 0.3) is 0 Å². The van der Waals surface area contributed by atoms with E-state index in [1.807, 2.05) is 0 Å². The summed E-state index contributed by atoms with van der Waals surface area (Å²) in [6.07, 6.45) is 3.52. The molecule has 1 N–H and O–H groups in total. The van der Waals surface area contributed by atoms with Crippen molar-refractivity contribution in [3.8, 4) is 0 Å². The minimum atomic E-state index is -0.790. The molecule has 1 rings (SSSR count). The lowest BCUT2D eigenvalue weighted by molar-refractivity contribution is -0.163. The molecule has 0 bridgehead atoms. The van der Waals surface area contributed by atoms with E-state index in [0.717, 1.165) is 12.8 Å². The SMILES string of the molecule is CC(C)(C)OC(=O)C(=O)NCC1CCC1. The van der Waals surface area contributed by atoms with Crippen molar-refractivity contribution in [2.45, 2.75) is 45.6 Å². The third kappa shape index (κ3) is 4.32. The molecule has 0 atom stereocenters. The Morgan fingerprint density at radius 3 is 2.33 bits per heavy atom.